The smallest absolute Gasteiger partial charge is 0.244 e. The van der Waals surface area contributed by atoms with Gasteiger partial charge >= 0.3 is 0 Å². The van der Waals surface area contributed by atoms with E-state index in [4.69, 9.17) is 9.47 Å². The van der Waals surface area contributed by atoms with E-state index in [1.54, 1.807) is 36.3 Å². The largest absolute Gasteiger partial charge is 0.493 e. The fourth-order valence-electron chi connectivity index (χ4n) is 2.35. The van der Waals surface area contributed by atoms with Gasteiger partial charge in [0.2, 0.25) is 11.8 Å². The van der Waals surface area contributed by atoms with Crippen molar-refractivity contribution in [3.05, 3.63) is 48.5 Å². The second kappa shape index (κ2) is 7.94. The van der Waals surface area contributed by atoms with Gasteiger partial charge < -0.3 is 19.7 Å². The third-order valence-electron chi connectivity index (χ3n) is 3.59. The maximum Gasteiger partial charge on any atom is 0.244 e. The highest BCUT2D eigenvalue weighted by molar-refractivity contribution is 8.00. The van der Waals surface area contributed by atoms with E-state index in [9.17, 15) is 9.59 Å². The van der Waals surface area contributed by atoms with Crippen molar-refractivity contribution in [3.63, 3.8) is 0 Å². The number of amides is 2. The summed E-state index contributed by atoms with van der Waals surface area (Å²) in [4.78, 5) is 25.1. The summed E-state index contributed by atoms with van der Waals surface area (Å²) in [7, 11) is 1.59. The van der Waals surface area contributed by atoms with Crippen molar-refractivity contribution in [1.82, 2.24) is 4.90 Å². The van der Waals surface area contributed by atoms with Crippen molar-refractivity contribution < 1.29 is 19.1 Å². The molecule has 0 bridgehead atoms. The van der Waals surface area contributed by atoms with Crippen molar-refractivity contribution in [2.75, 3.05) is 30.6 Å². The van der Waals surface area contributed by atoms with Crippen LogP contribution in [0, 0.1) is 0 Å². The third-order valence-corrected chi connectivity index (χ3v) is 4.54. The van der Waals surface area contributed by atoms with Gasteiger partial charge in [-0.15, -0.1) is 11.8 Å². The third kappa shape index (κ3) is 4.45. The zero-order valence-corrected chi connectivity index (χ0v) is 14.5. The molecule has 0 saturated carbocycles. The Hall–Kier alpha value is -2.67. The maximum absolute atomic E-state index is 12.0. The molecule has 7 heteroatoms. The Morgan fingerprint density at radius 3 is 2.52 bits per heavy atom. The van der Waals surface area contributed by atoms with Gasteiger partial charge in [0.25, 0.3) is 0 Å². The van der Waals surface area contributed by atoms with Crippen LogP contribution in [0.2, 0.25) is 0 Å². The monoisotopic (exact) mass is 358 g/mol. The first-order valence-corrected chi connectivity index (χ1v) is 8.87. The van der Waals surface area contributed by atoms with Crippen LogP contribution in [0.25, 0.3) is 0 Å². The molecule has 0 aliphatic carbocycles. The molecule has 2 aromatic carbocycles. The average Bonchev–Trinajstić information content (AvgIpc) is 3.02. The van der Waals surface area contributed by atoms with E-state index in [0.29, 0.717) is 34.6 Å². The number of hydrogen-bond acceptors (Lipinski definition) is 5. The zero-order chi connectivity index (χ0) is 17.6. The van der Waals surface area contributed by atoms with Gasteiger partial charge in [0.1, 0.15) is 12.3 Å². The van der Waals surface area contributed by atoms with Crippen LogP contribution in [-0.4, -0.2) is 42.0 Å². The Bertz CT molecular complexity index is 764. The van der Waals surface area contributed by atoms with E-state index in [0.717, 1.165) is 0 Å². The highest BCUT2D eigenvalue weighted by Gasteiger charge is 2.22. The van der Waals surface area contributed by atoms with Gasteiger partial charge in [0, 0.05) is 5.69 Å². The zero-order valence-electron chi connectivity index (χ0n) is 13.7. The van der Waals surface area contributed by atoms with E-state index in [-0.39, 0.29) is 18.4 Å². The lowest BCUT2D eigenvalue weighted by Crippen LogP contribution is -2.34. The number of rotatable bonds is 6. The summed E-state index contributed by atoms with van der Waals surface area (Å²) in [5, 5.41) is 2.78. The molecule has 1 aliphatic heterocycles. The SMILES string of the molecule is COc1ccccc1Oc1ccc(NC(=O)CN2CSCC2=O)cc1. The number of nitrogens with zero attached hydrogens (tertiary/aromatic N) is 1. The van der Waals surface area contributed by atoms with Gasteiger partial charge in [-0.05, 0) is 36.4 Å². The molecule has 0 aromatic heterocycles. The number of thioether (sulfide) groups is 1. The number of methoxy groups -OCH3 is 1. The van der Waals surface area contributed by atoms with Crippen LogP contribution in [0.5, 0.6) is 17.2 Å². The molecule has 130 valence electrons. The lowest BCUT2D eigenvalue weighted by molar-refractivity contribution is -0.130. The first-order valence-electron chi connectivity index (χ1n) is 7.72. The van der Waals surface area contributed by atoms with Gasteiger partial charge in [-0.25, -0.2) is 0 Å². The molecule has 1 aliphatic rings. The predicted molar refractivity (Wildman–Crippen MR) is 97.2 cm³/mol. The topological polar surface area (TPSA) is 67.9 Å². The van der Waals surface area contributed by atoms with Crippen molar-refractivity contribution in [2.24, 2.45) is 0 Å². The molecule has 0 spiro atoms. The van der Waals surface area contributed by atoms with Gasteiger partial charge in [-0.3, -0.25) is 9.59 Å². The normalized spacial score (nSPS) is 13.6. The number of anilines is 1. The molecular formula is C18H18N2O4S. The molecule has 0 atom stereocenters. The van der Waals surface area contributed by atoms with Gasteiger partial charge in [-0.1, -0.05) is 12.1 Å². The molecule has 2 amide bonds. The second-order valence-electron chi connectivity index (χ2n) is 5.39. The number of benzene rings is 2. The van der Waals surface area contributed by atoms with Crippen molar-refractivity contribution in [3.8, 4) is 17.2 Å². The Morgan fingerprint density at radius 1 is 1.16 bits per heavy atom. The molecule has 1 saturated heterocycles. The minimum atomic E-state index is -0.214. The first kappa shape index (κ1) is 17.2. The fourth-order valence-corrected chi connectivity index (χ4v) is 3.25. The van der Waals surface area contributed by atoms with E-state index < -0.39 is 0 Å². The summed E-state index contributed by atoms with van der Waals surface area (Å²) in [5.41, 5.74) is 0.650. The second-order valence-corrected chi connectivity index (χ2v) is 6.35. The molecule has 1 heterocycles. The molecule has 0 unspecified atom stereocenters. The summed E-state index contributed by atoms with van der Waals surface area (Å²) < 4.78 is 11.0. The van der Waals surface area contributed by atoms with Crippen LogP contribution < -0.4 is 14.8 Å². The summed E-state index contributed by atoms with van der Waals surface area (Å²) in [5.74, 6) is 2.70. The van der Waals surface area contributed by atoms with Crippen molar-refractivity contribution >= 4 is 29.3 Å². The molecule has 25 heavy (non-hydrogen) atoms. The van der Waals surface area contributed by atoms with Gasteiger partial charge in [0.05, 0.1) is 18.7 Å². The molecule has 2 aromatic rings. The van der Waals surface area contributed by atoms with Crippen LogP contribution in [0.1, 0.15) is 0 Å². The highest BCUT2D eigenvalue weighted by atomic mass is 32.2. The summed E-state index contributed by atoms with van der Waals surface area (Å²) in [6.07, 6.45) is 0. The number of ether oxygens (including phenoxy) is 2. The quantitative estimate of drug-likeness (QED) is 0.860. The summed E-state index contributed by atoms with van der Waals surface area (Å²) >= 11 is 1.51. The highest BCUT2D eigenvalue weighted by Crippen LogP contribution is 2.31. The maximum atomic E-state index is 12.0. The number of hydrogen-bond donors (Lipinski definition) is 1. The molecule has 6 nitrogen and oxygen atoms in total. The summed E-state index contributed by atoms with van der Waals surface area (Å²) in [6.45, 7) is 0.0747. The van der Waals surface area contributed by atoms with E-state index in [2.05, 4.69) is 5.32 Å². The predicted octanol–water partition coefficient (Wildman–Crippen LogP) is 2.96. The van der Waals surface area contributed by atoms with Crippen molar-refractivity contribution in [1.29, 1.82) is 0 Å². The molecule has 3 rings (SSSR count). The standard InChI is InChI=1S/C18H18N2O4S/c1-23-15-4-2-3-5-16(15)24-14-8-6-13(7-9-14)19-17(21)10-20-12-25-11-18(20)22/h2-9H,10-12H2,1H3,(H,19,21). The van der Waals surface area contributed by atoms with E-state index in [1.807, 2.05) is 24.3 Å². The minimum absolute atomic E-state index is 0.000654. The first-order chi connectivity index (χ1) is 12.2. The lowest BCUT2D eigenvalue weighted by Gasteiger charge is -2.14. The van der Waals surface area contributed by atoms with Crippen LogP contribution in [0.15, 0.2) is 48.5 Å². The summed E-state index contributed by atoms with van der Waals surface area (Å²) in [6, 6.07) is 14.4. The average molecular weight is 358 g/mol. The van der Waals surface area contributed by atoms with Gasteiger partial charge in [-0.2, -0.15) is 0 Å². The number of carbonyl (C=O) groups excluding carboxylic acids is 2. The van der Waals surface area contributed by atoms with E-state index in [1.165, 1.54) is 11.8 Å². The Labute approximate surface area is 150 Å². The van der Waals surface area contributed by atoms with Crippen molar-refractivity contribution in [2.45, 2.75) is 0 Å². The molecule has 0 radical (unpaired) electrons. The number of carbonyl (C=O) groups is 2. The van der Waals surface area contributed by atoms with Crippen LogP contribution in [-0.2, 0) is 9.59 Å². The molecular weight excluding hydrogens is 340 g/mol. The Balaban J connectivity index is 1.58. The van der Waals surface area contributed by atoms with Crippen LogP contribution in [0.3, 0.4) is 0 Å². The molecule has 1 fully saturated rings. The Kier molecular flexibility index (Phi) is 5.45. The number of para-hydroxylation sites is 2. The number of nitrogens with one attached hydrogen (secondary N) is 1. The lowest BCUT2D eigenvalue weighted by atomic mass is 10.3. The van der Waals surface area contributed by atoms with E-state index >= 15 is 0 Å². The van der Waals surface area contributed by atoms with Crippen LogP contribution >= 0.6 is 11.8 Å². The minimum Gasteiger partial charge on any atom is -0.493 e. The van der Waals surface area contributed by atoms with Crippen LogP contribution in [0.4, 0.5) is 5.69 Å². The fraction of sp³-hybridized carbons (Fsp3) is 0.222. The Morgan fingerprint density at radius 2 is 1.88 bits per heavy atom. The molecule has 1 N–H and O–H groups in total. The van der Waals surface area contributed by atoms with Gasteiger partial charge in [0.15, 0.2) is 11.5 Å².